The third-order valence-corrected chi connectivity index (χ3v) is 11.8. The second-order valence-electron chi connectivity index (χ2n) is 6.89. The molecular formula is C21H16O4Ti. The molecule has 2 aromatic carbocycles. The Balaban J connectivity index is 1.78. The van der Waals surface area contributed by atoms with E-state index in [0.717, 1.165) is 28.7 Å². The molecule has 1 fully saturated rings. The zero-order chi connectivity index (χ0) is 17.7. The minimum atomic E-state index is -3.99. The van der Waals surface area contributed by atoms with Crippen LogP contribution < -0.4 is 0 Å². The van der Waals surface area contributed by atoms with Crippen LogP contribution in [0.1, 0.15) is 37.1 Å². The maximum absolute atomic E-state index is 11.5. The number of allylic oxidation sites excluding steroid dienone is 2. The molecular weight excluding hydrogens is 364 g/mol. The molecule has 5 heteroatoms. The van der Waals surface area contributed by atoms with E-state index in [2.05, 4.69) is 36.4 Å². The van der Waals surface area contributed by atoms with Crippen LogP contribution in [0.15, 0.2) is 59.7 Å². The zero-order valence-corrected chi connectivity index (χ0v) is 15.5. The van der Waals surface area contributed by atoms with Gasteiger partial charge in [-0.3, -0.25) is 0 Å². The standard InChI is InChI=1S/C19H14.2CH2O2.Ti/c1-2-6-17-11-14(10-16(17)5-1)9-15-12-18-7-3-4-8-19(18)13-15;2*2-1-3;/h1-8,10-13H,9H2;2*1H,(H,2,3);/q;;;+2/p-2. The number of fused-ring (bicyclic) bond motifs is 6. The van der Waals surface area contributed by atoms with Crippen LogP contribution >= 0.6 is 0 Å². The normalized spacial score (nSPS) is 23.5. The molecule has 0 bridgehead atoms. The topological polar surface area (TPSA) is 52.6 Å². The van der Waals surface area contributed by atoms with Crippen LogP contribution in [-0.2, 0) is 33.6 Å². The van der Waals surface area contributed by atoms with Crippen molar-refractivity contribution in [2.45, 2.75) is 14.9 Å². The van der Waals surface area contributed by atoms with E-state index in [0.29, 0.717) is 12.9 Å². The number of benzene rings is 2. The maximum atomic E-state index is 11.5. The molecule has 2 atom stereocenters. The summed E-state index contributed by atoms with van der Waals surface area (Å²) in [7, 11) is 0. The van der Waals surface area contributed by atoms with E-state index in [1.165, 1.54) is 11.1 Å². The van der Waals surface area contributed by atoms with Gasteiger partial charge in [-0.05, 0) is 0 Å². The van der Waals surface area contributed by atoms with Gasteiger partial charge in [0.25, 0.3) is 0 Å². The molecule has 0 aromatic heterocycles. The Morgan fingerprint density at radius 3 is 1.69 bits per heavy atom. The predicted octanol–water partition coefficient (Wildman–Crippen LogP) is 4.00. The number of carbonyl (C=O) groups excluding carboxylic acids is 2. The van der Waals surface area contributed by atoms with Gasteiger partial charge in [0.1, 0.15) is 0 Å². The quantitative estimate of drug-likeness (QED) is 0.595. The van der Waals surface area contributed by atoms with Crippen LogP contribution in [0.2, 0.25) is 0 Å². The summed E-state index contributed by atoms with van der Waals surface area (Å²) in [5.41, 5.74) is 6.83. The molecule has 4 nitrogen and oxygen atoms in total. The van der Waals surface area contributed by atoms with Gasteiger partial charge in [-0.25, -0.2) is 0 Å². The molecule has 0 amide bonds. The summed E-state index contributed by atoms with van der Waals surface area (Å²) in [6, 6.07) is 16.2. The average Bonchev–Trinajstić information content (AvgIpc) is 3.20. The summed E-state index contributed by atoms with van der Waals surface area (Å²) >= 11 is -3.99. The molecule has 0 N–H and O–H groups in total. The molecule has 0 spiro atoms. The van der Waals surface area contributed by atoms with Crippen LogP contribution in [-0.4, -0.2) is 12.9 Å². The molecule has 5 rings (SSSR count). The van der Waals surface area contributed by atoms with Gasteiger partial charge >= 0.3 is 155 Å². The molecule has 1 heterocycles. The van der Waals surface area contributed by atoms with Gasteiger partial charge in [0, 0.05) is 0 Å². The van der Waals surface area contributed by atoms with E-state index in [1.807, 2.05) is 24.3 Å². The van der Waals surface area contributed by atoms with Crippen LogP contribution in [0, 0.1) is 0 Å². The molecule has 3 aliphatic rings. The zero-order valence-electron chi connectivity index (χ0n) is 13.9. The fourth-order valence-corrected chi connectivity index (χ4v) is 11.2. The summed E-state index contributed by atoms with van der Waals surface area (Å²) in [6.45, 7) is 0.956. The number of hydrogen-bond acceptors (Lipinski definition) is 4. The molecule has 2 aliphatic carbocycles. The monoisotopic (exact) mass is 380 g/mol. The van der Waals surface area contributed by atoms with Gasteiger partial charge in [0.05, 0.1) is 0 Å². The molecule has 0 radical (unpaired) electrons. The van der Waals surface area contributed by atoms with Crippen molar-refractivity contribution in [3.8, 4) is 0 Å². The van der Waals surface area contributed by atoms with Crippen molar-refractivity contribution >= 4 is 25.1 Å². The Morgan fingerprint density at radius 1 is 0.769 bits per heavy atom. The van der Waals surface area contributed by atoms with E-state index >= 15 is 0 Å². The molecule has 2 aromatic rings. The van der Waals surface area contributed by atoms with Crippen molar-refractivity contribution in [1.82, 2.24) is 0 Å². The fraction of sp³-hybridized carbons (Fsp3) is 0.143. The van der Waals surface area contributed by atoms with E-state index in [4.69, 9.17) is 6.64 Å². The summed E-state index contributed by atoms with van der Waals surface area (Å²) in [5, 5.41) is 0. The Hall–Kier alpha value is -2.43. The summed E-state index contributed by atoms with van der Waals surface area (Å²) < 4.78 is 11.4. The average molecular weight is 380 g/mol. The van der Waals surface area contributed by atoms with Crippen LogP contribution in [0.4, 0.5) is 0 Å². The molecule has 2 unspecified atom stereocenters. The first kappa shape index (κ1) is 15.8. The van der Waals surface area contributed by atoms with Crippen molar-refractivity contribution in [2.24, 2.45) is 0 Å². The Bertz CT molecular complexity index is 912. The molecule has 1 saturated heterocycles. The van der Waals surface area contributed by atoms with Gasteiger partial charge in [0.15, 0.2) is 0 Å². The van der Waals surface area contributed by atoms with Crippen molar-refractivity contribution in [2.75, 3.05) is 0 Å². The van der Waals surface area contributed by atoms with E-state index < -0.39 is 17.4 Å². The first-order valence-corrected chi connectivity index (χ1v) is 11.7. The molecule has 26 heavy (non-hydrogen) atoms. The Kier molecular flexibility index (Phi) is 3.52. The third-order valence-electron chi connectivity index (χ3n) is 5.72. The van der Waals surface area contributed by atoms with E-state index in [-0.39, 0.29) is 8.45 Å². The SMILES string of the molecule is O=C[O][Ti]1([O]C=O)[CH]2C(=Cc3ccccc32)CC2=Cc3ccccc3[CH]21. The first-order valence-electron chi connectivity index (χ1n) is 8.60. The van der Waals surface area contributed by atoms with E-state index in [9.17, 15) is 9.59 Å². The first-order chi connectivity index (χ1) is 12.8. The van der Waals surface area contributed by atoms with Gasteiger partial charge < -0.3 is 0 Å². The van der Waals surface area contributed by atoms with Gasteiger partial charge in [-0.1, -0.05) is 0 Å². The Morgan fingerprint density at radius 2 is 1.23 bits per heavy atom. The van der Waals surface area contributed by atoms with Gasteiger partial charge in [-0.2, -0.15) is 0 Å². The Labute approximate surface area is 155 Å². The second kappa shape index (κ2) is 5.80. The minimum absolute atomic E-state index is 0.116. The fourth-order valence-electron chi connectivity index (χ4n) is 4.89. The van der Waals surface area contributed by atoms with Crippen molar-refractivity contribution < 1.29 is 33.6 Å². The number of hydrogen-bond donors (Lipinski definition) is 0. The van der Waals surface area contributed by atoms with Crippen molar-refractivity contribution in [3.63, 3.8) is 0 Å². The molecule has 128 valence electrons. The van der Waals surface area contributed by atoms with Crippen molar-refractivity contribution in [1.29, 1.82) is 0 Å². The summed E-state index contributed by atoms with van der Waals surface area (Å²) in [5.74, 6) is 0. The third kappa shape index (κ3) is 2.00. The van der Waals surface area contributed by atoms with Crippen LogP contribution in [0.25, 0.3) is 12.2 Å². The summed E-state index contributed by atoms with van der Waals surface area (Å²) in [4.78, 5) is 23.1. The molecule has 0 saturated carbocycles. The summed E-state index contributed by atoms with van der Waals surface area (Å²) in [6.07, 6.45) is 5.15. The number of carbonyl (C=O) groups is 2. The number of rotatable bonds is 4. The predicted molar refractivity (Wildman–Crippen MR) is 93.2 cm³/mol. The second-order valence-corrected chi connectivity index (χ2v) is 11.7. The van der Waals surface area contributed by atoms with Gasteiger partial charge in [-0.15, -0.1) is 0 Å². The van der Waals surface area contributed by atoms with E-state index in [1.54, 1.807) is 0 Å². The van der Waals surface area contributed by atoms with Crippen LogP contribution in [0.5, 0.6) is 0 Å². The van der Waals surface area contributed by atoms with Crippen LogP contribution in [0.3, 0.4) is 0 Å². The van der Waals surface area contributed by atoms with Crippen molar-refractivity contribution in [3.05, 3.63) is 81.9 Å². The van der Waals surface area contributed by atoms with Gasteiger partial charge in [0.2, 0.25) is 0 Å². The molecule has 1 aliphatic heterocycles.